The Kier molecular flexibility index (Phi) is 2.88. The summed E-state index contributed by atoms with van der Waals surface area (Å²) in [6.07, 6.45) is 1.91. The number of hydrogen-bond acceptors (Lipinski definition) is 1. The molecule has 16 heavy (non-hydrogen) atoms. The van der Waals surface area contributed by atoms with Crippen molar-refractivity contribution in [2.75, 3.05) is 0 Å². The largest absolute Gasteiger partial charge is 0.506 e. The van der Waals surface area contributed by atoms with Crippen LogP contribution in [-0.4, -0.2) is 5.11 Å². The number of halogens is 2. The van der Waals surface area contributed by atoms with Crippen molar-refractivity contribution in [3.05, 3.63) is 27.2 Å². The van der Waals surface area contributed by atoms with Crippen LogP contribution in [-0.2, 0) is 12.8 Å². The maximum Gasteiger partial charge on any atom is 0.135 e. The maximum absolute atomic E-state index is 9.66. The normalized spacial score (nSPS) is 23.9. The van der Waals surface area contributed by atoms with Gasteiger partial charge in [0.1, 0.15) is 10.8 Å². The summed E-state index contributed by atoms with van der Waals surface area (Å²) in [7, 11) is 0. The third kappa shape index (κ3) is 1.70. The van der Waals surface area contributed by atoms with Crippen LogP contribution < -0.4 is 0 Å². The van der Waals surface area contributed by atoms with Crippen LogP contribution in [0.2, 0.25) is 10.0 Å². The number of rotatable bonds is 1. The minimum Gasteiger partial charge on any atom is -0.506 e. The van der Waals surface area contributed by atoms with Gasteiger partial charge in [0.15, 0.2) is 0 Å². The first kappa shape index (κ1) is 12.1. The quantitative estimate of drug-likeness (QED) is 0.789. The molecule has 1 N–H and O–H groups in total. The van der Waals surface area contributed by atoms with Gasteiger partial charge in [-0.15, -0.1) is 0 Å². The third-order valence-corrected chi connectivity index (χ3v) is 4.85. The third-order valence-electron chi connectivity index (χ3n) is 3.95. The van der Waals surface area contributed by atoms with Gasteiger partial charge in [0.2, 0.25) is 0 Å². The van der Waals surface area contributed by atoms with Crippen LogP contribution in [0.1, 0.15) is 31.9 Å². The van der Waals surface area contributed by atoms with Crippen LogP contribution in [0, 0.1) is 11.3 Å². The van der Waals surface area contributed by atoms with E-state index in [1.165, 1.54) is 0 Å². The van der Waals surface area contributed by atoms with Crippen LogP contribution in [0.15, 0.2) is 6.07 Å². The molecule has 1 aromatic carbocycles. The van der Waals surface area contributed by atoms with Crippen LogP contribution in [0.3, 0.4) is 0 Å². The van der Waals surface area contributed by atoms with Gasteiger partial charge >= 0.3 is 0 Å². The van der Waals surface area contributed by atoms with Crippen molar-refractivity contribution in [1.29, 1.82) is 0 Å². The summed E-state index contributed by atoms with van der Waals surface area (Å²) in [6.45, 7) is 6.71. The molecule has 2 rings (SSSR count). The van der Waals surface area contributed by atoms with E-state index in [4.69, 9.17) is 23.2 Å². The van der Waals surface area contributed by atoms with Crippen molar-refractivity contribution in [1.82, 2.24) is 0 Å². The SMILES string of the molecule is CC(C)C1(C)Cc2cc(O)c(Cl)c(Cl)c2C1. The van der Waals surface area contributed by atoms with Crippen molar-refractivity contribution in [3.8, 4) is 5.75 Å². The molecule has 1 unspecified atom stereocenters. The van der Waals surface area contributed by atoms with Gasteiger partial charge in [-0.3, -0.25) is 0 Å². The van der Waals surface area contributed by atoms with Gasteiger partial charge in [-0.2, -0.15) is 0 Å². The van der Waals surface area contributed by atoms with E-state index in [9.17, 15) is 5.11 Å². The Morgan fingerprint density at radius 1 is 1.25 bits per heavy atom. The van der Waals surface area contributed by atoms with Crippen molar-refractivity contribution in [2.24, 2.45) is 11.3 Å². The fourth-order valence-electron chi connectivity index (χ4n) is 2.36. The van der Waals surface area contributed by atoms with Crippen LogP contribution in [0.5, 0.6) is 5.75 Å². The maximum atomic E-state index is 9.66. The molecule has 3 heteroatoms. The predicted molar refractivity (Wildman–Crippen MR) is 68.5 cm³/mol. The highest BCUT2D eigenvalue weighted by Crippen LogP contribution is 2.48. The Balaban J connectivity index is 2.50. The molecule has 1 atom stereocenters. The molecule has 0 bridgehead atoms. The predicted octanol–water partition coefficient (Wildman–Crippen LogP) is 4.46. The van der Waals surface area contributed by atoms with Crippen molar-refractivity contribution in [2.45, 2.75) is 33.6 Å². The fourth-order valence-corrected chi connectivity index (χ4v) is 2.81. The zero-order valence-corrected chi connectivity index (χ0v) is 11.3. The molecule has 0 amide bonds. The van der Waals surface area contributed by atoms with E-state index in [0.717, 1.165) is 24.0 Å². The molecule has 0 radical (unpaired) electrons. The number of benzene rings is 1. The van der Waals surface area contributed by atoms with Gasteiger partial charge in [0, 0.05) is 0 Å². The lowest BCUT2D eigenvalue weighted by Crippen LogP contribution is -2.23. The fraction of sp³-hybridized carbons (Fsp3) is 0.538. The van der Waals surface area contributed by atoms with Gasteiger partial charge in [0.05, 0.1) is 5.02 Å². The van der Waals surface area contributed by atoms with Gasteiger partial charge in [-0.25, -0.2) is 0 Å². The highest BCUT2D eigenvalue weighted by atomic mass is 35.5. The zero-order chi connectivity index (χ0) is 12.1. The Bertz CT molecular complexity index is 440. The van der Waals surface area contributed by atoms with Gasteiger partial charge in [0.25, 0.3) is 0 Å². The molecule has 0 fully saturated rings. The first-order valence-electron chi connectivity index (χ1n) is 5.54. The minimum atomic E-state index is 0.0958. The molecule has 0 saturated carbocycles. The molecule has 1 aliphatic carbocycles. The van der Waals surface area contributed by atoms with Crippen LogP contribution in [0.25, 0.3) is 0 Å². The Morgan fingerprint density at radius 2 is 1.88 bits per heavy atom. The van der Waals surface area contributed by atoms with E-state index in [-0.39, 0.29) is 16.2 Å². The number of fused-ring (bicyclic) bond motifs is 1. The van der Waals surface area contributed by atoms with Crippen molar-refractivity contribution < 1.29 is 5.11 Å². The van der Waals surface area contributed by atoms with E-state index in [0.29, 0.717) is 10.9 Å². The van der Waals surface area contributed by atoms with Gasteiger partial charge < -0.3 is 5.11 Å². The van der Waals surface area contributed by atoms with E-state index in [1.807, 2.05) is 0 Å². The summed E-state index contributed by atoms with van der Waals surface area (Å²) < 4.78 is 0. The second-order valence-electron chi connectivity index (χ2n) is 5.32. The molecule has 0 saturated heterocycles. The Hall–Kier alpha value is -0.400. The Labute approximate surface area is 106 Å². The second kappa shape index (κ2) is 3.82. The molecule has 0 heterocycles. The molecule has 0 spiro atoms. The minimum absolute atomic E-state index is 0.0958. The van der Waals surface area contributed by atoms with E-state index in [1.54, 1.807) is 6.07 Å². The summed E-state index contributed by atoms with van der Waals surface area (Å²) >= 11 is 12.1. The Morgan fingerprint density at radius 3 is 2.44 bits per heavy atom. The lowest BCUT2D eigenvalue weighted by atomic mass is 9.77. The standard InChI is InChI=1S/C13H16Cl2O/c1-7(2)13(3)5-8-4-10(16)12(15)11(14)9(8)6-13/h4,7,16H,5-6H2,1-3H3. The van der Waals surface area contributed by atoms with Crippen molar-refractivity contribution >= 4 is 23.2 Å². The van der Waals surface area contributed by atoms with Crippen LogP contribution in [0.4, 0.5) is 0 Å². The summed E-state index contributed by atoms with van der Waals surface area (Å²) in [5.74, 6) is 0.676. The van der Waals surface area contributed by atoms with E-state index >= 15 is 0 Å². The van der Waals surface area contributed by atoms with E-state index in [2.05, 4.69) is 20.8 Å². The topological polar surface area (TPSA) is 20.2 Å². The molecular formula is C13H16Cl2O. The first-order chi connectivity index (χ1) is 7.35. The smallest absolute Gasteiger partial charge is 0.135 e. The second-order valence-corrected chi connectivity index (χ2v) is 6.08. The molecule has 88 valence electrons. The monoisotopic (exact) mass is 258 g/mol. The highest BCUT2D eigenvalue weighted by Gasteiger charge is 2.37. The summed E-state index contributed by atoms with van der Waals surface area (Å²) in [4.78, 5) is 0. The molecule has 1 aromatic rings. The van der Waals surface area contributed by atoms with Gasteiger partial charge in [-0.05, 0) is 41.4 Å². The zero-order valence-electron chi connectivity index (χ0n) is 9.77. The van der Waals surface area contributed by atoms with Crippen LogP contribution >= 0.6 is 23.2 Å². The number of aromatic hydroxyl groups is 1. The summed E-state index contributed by atoms with van der Waals surface area (Å²) in [5, 5.41) is 10.5. The summed E-state index contributed by atoms with van der Waals surface area (Å²) in [5.41, 5.74) is 2.48. The molecule has 1 nitrogen and oxygen atoms in total. The summed E-state index contributed by atoms with van der Waals surface area (Å²) in [6, 6.07) is 1.76. The number of phenolic OH excluding ortho intramolecular Hbond substituents is 1. The van der Waals surface area contributed by atoms with Crippen molar-refractivity contribution in [3.63, 3.8) is 0 Å². The average molecular weight is 259 g/mol. The number of phenols is 1. The molecular weight excluding hydrogens is 243 g/mol. The number of hydrogen-bond donors (Lipinski definition) is 1. The van der Waals surface area contributed by atoms with Gasteiger partial charge in [-0.1, -0.05) is 44.0 Å². The lowest BCUT2D eigenvalue weighted by Gasteiger charge is -2.28. The molecule has 0 aromatic heterocycles. The lowest BCUT2D eigenvalue weighted by molar-refractivity contribution is 0.234. The average Bonchev–Trinajstić information content (AvgIpc) is 2.54. The van der Waals surface area contributed by atoms with E-state index < -0.39 is 0 Å². The highest BCUT2D eigenvalue weighted by molar-refractivity contribution is 6.43. The molecule has 1 aliphatic rings. The first-order valence-corrected chi connectivity index (χ1v) is 6.29. The molecule has 0 aliphatic heterocycles.